The fraction of sp³-hybridized carbons (Fsp3) is 0.0500. The van der Waals surface area contributed by atoms with Gasteiger partial charge in [-0.3, -0.25) is 4.79 Å². The van der Waals surface area contributed by atoms with Crippen LogP contribution in [0.1, 0.15) is 15.9 Å². The number of ether oxygens (including phenoxy) is 1. The standard InChI is InChI=1S/C20H16O2/c21-14-16-9-11-18(12-10-16)19-7-4-8-20(13-19)22-15-17-5-2-1-3-6-17/h1-14H,15H2. The molecule has 0 amide bonds. The summed E-state index contributed by atoms with van der Waals surface area (Å²) in [7, 11) is 0. The highest BCUT2D eigenvalue weighted by atomic mass is 16.5. The predicted octanol–water partition coefficient (Wildman–Crippen LogP) is 4.75. The molecule has 0 saturated heterocycles. The van der Waals surface area contributed by atoms with Crippen LogP contribution < -0.4 is 4.74 Å². The number of hydrogen-bond donors (Lipinski definition) is 0. The first-order chi connectivity index (χ1) is 10.8. The lowest BCUT2D eigenvalue weighted by Gasteiger charge is -2.08. The lowest BCUT2D eigenvalue weighted by atomic mass is 10.0. The van der Waals surface area contributed by atoms with Crippen molar-refractivity contribution in [2.75, 3.05) is 0 Å². The second-order valence-electron chi connectivity index (χ2n) is 5.04. The molecular formula is C20H16O2. The summed E-state index contributed by atoms with van der Waals surface area (Å²) in [4.78, 5) is 10.7. The topological polar surface area (TPSA) is 26.3 Å². The van der Waals surface area contributed by atoms with Crippen molar-refractivity contribution in [2.24, 2.45) is 0 Å². The molecule has 108 valence electrons. The van der Waals surface area contributed by atoms with Gasteiger partial charge in [-0.2, -0.15) is 0 Å². The number of benzene rings is 3. The van der Waals surface area contributed by atoms with Crippen molar-refractivity contribution >= 4 is 6.29 Å². The maximum absolute atomic E-state index is 10.7. The number of carbonyl (C=O) groups is 1. The third kappa shape index (κ3) is 3.41. The third-order valence-corrected chi connectivity index (χ3v) is 3.46. The number of carbonyl (C=O) groups excluding carboxylic acids is 1. The van der Waals surface area contributed by atoms with Crippen molar-refractivity contribution in [3.8, 4) is 16.9 Å². The van der Waals surface area contributed by atoms with Crippen molar-refractivity contribution in [1.29, 1.82) is 0 Å². The van der Waals surface area contributed by atoms with Crippen LogP contribution in [0.15, 0.2) is 78.9 Å². The van der Waals surface area contributed by atoms with E-state index >= 15 is 0 Å². The van der Waals surface area contributed by atoms with E-state index in [1.54, 1.807) is 0 Å². The fourth-order valence-electron chi connectivity index (χ4n) is 2.26. The predicted molar refractivity (Wildman–Crippen MR) is 88.0 cm³/mol. The molecule has 3 aromatic rings. The fourth-order valence-corrected chi connectivity index (χ4v) is 2.26. The summed E-state index contributed by atoms with van der Waals surface area (Å²) < 4.78 is 5.84. The van der Waals surface area contributed by atoms with Crippen LogP contribution in [0.25, 0.3) is 11.1 Å². The van der Waals surface area contributed by atoms with Gasteiger partial charge in [0.1, 0.15) is 18.6 Å². The highest BCUT2D eigenvalue weighted by molar-refractivity contribution is 5.77. The van der Waals surface area contributed by atoms with Gasteiger partial charge in [-0.05, 0) is 28.8 Å². The Morgan fingerprint density at radius 2 is 1.55 bits per heavy atom. The minimum absolute atomic E-state index is 0.550. The van der Waals surface area contributed by atoms with E-state index < -0.39 is 0 Å². The van der Waals surface area contributed by atoms with Gasteiger partial charge in [0.2, 0.25) is 0 Å². The summed E-state index contributed by atoms with van der Waals surface area (Å²) in [5.74, 6) is 0.834. The molecule has 22 heavy (non-hydrogen) atoms. The molecule has 0 bridgehead atoms. The smallest absolute Gasteiger partial charge is 0.150 e. The summed E-state index contributed by atoms with van der Waals surface area (Å²) >= 11 is 0. The highest BCUT2D eigenvalue weighted by Crippen LogP contribution is 2.24. The SMILES string of the molecule is O=Cc1ccc(-c2cccc(OCc3ccccc3)c2)cc1. The average Bonchev–Trinajstić information content (AvgIpc) is 2.61. The summed E-state index contributed by atoms with van der Waals surface area (Å²) in [6.07, 6.45) is 0.850. The molecule has 2 heteroatoms. The van der Waals surface area contributed by atoms with Crippen molar-refractivity contribution < 1.29 is 9.53 Å². The Balaban J connectivity index is 1.75. The van der Waals surface area contributed by atoms with Gasteiger partial charge >= 0.3 is 0 Å². The Morgan fingerprint density at radius 3 is 2.27 bits per heavy atom. The molecule has 0 aliphatic carbocycles. The van der Waals surface area contributed by atoms with Crippen LogP contribution in [0, 0.1) is 0 Å². The maximum atomic E-state index is 10.7. The molecular weight excluding hydrogens is 272 g/mol. The normalized spacial score (nSPS) is 10.2. The summed E-state index contributed by atoms with van der Waals surface area (Å²) in [5.41, 5.74) is 3.96. The maximum Gasteiger partial charge on any atom is 0.150 e. The van der Waals surface area contributed by atoms with Gasteiger partial charge in [0.05, 0.1) is 0 Å². The number of aldehydes is 1. The summed E-state index contributed by atoms with van der Waals surface area (Å²) in [6, 6.07) is 25.6. The molecule has 0 atom stereocenters. The lowest BCUT2D eigenvalue weighted by Crippen LogP contribution is -1.95. The molecule has 0 radical (unpaired) electrons. The van der Waals surface area contributed by atoms with Crippen molar-refractivity contribution in [2.45, 2.75) is 6.61 Å². The van der Waals surface area contributed by atoms with Gasteiger partial charge in [0, 0.05) is 5.56 Å². The molecule has 2 nitrogen and oxygen atoms in total. The van der Waals surface area contributed by atoms with E-state index in [-0.39, 0.29) is 0 Å². The van der Waals surface area contributed by atoms with E-state index in [9.17, 15) is 4.79 Å². The van der Waals surface area contributed by atoms with Crippen molar-refractivity contribution in [3.63, 3.8) is 0 Å². The van der Waals surface area contributed by atoms with Gasteiger partial charge in [0.25, 0.3) is 0 Å². The molecule has 3 aromatic carbocycles. The first-order valence-electron chi connectivity index (χ1n) is 7.17. The molecule has 0 aliphatic heterocycles. The van der Waals surface area contributed by atoms with Crippen LogP contribution in [0.2, 0.25) is 0 Å². The molecule has 0 aromatic heterocycles. The zero-order chi connectivity index (χ0) is 15.2. The molecule has 0 aliphatic rings. The van der Waals surface area contributed by atoms with E-state index in [0.29, 0.717) is 12.2 Å². The third-order valence-electron chi connectivity index (χ3n) is 3.46. The minimum atomic E-state index is 0.550. The number of rotatable bonds is 5. The largest absolute Gasteiger partial charge is 0.489 e. The van der Waals surface area contributed by atoms with E-state index in [4.69, 9.17) is 4.74 Å². The van der Waals surface area contributed by atoms with E-state index in [1.165, 1.54) is 0 Å². The van der Waals surface area contributed by atoms with Gasteiger partial charge in [-0.1, -0.05) is 66.7 Å². The first kappa shape index (κ1) is 14.1. The van der Waals surface area contributed by atoms with Crippen LogP contribution in [0.4, 0.5) is 0 Å². The first-order valence-corrected chi connectivity index (χ1v) is 7.17. The average molecular weight is 288 g/mol. The van der Waals surface area contributed by atoms with Crippen LogP contribution in [-0.4, -0.2) is 6.29 Å². The Labute approximate surface area is 130 Å². The Kier molecular flexibility index (Phi) is 4.30. The molecule has 0 N–H and O–H groups in total. The minimum Gasteiger partial charge on any atom is -0.489 e. The lowest BCUT2D eigenvalue weighted by molar-refractivity contribution is 0.112. The van der Waals surface area contributed by atoms with Gasteiger partial charge < -0.3 is 4.74 Å². The number of hydrogen-bond acceptors (Lipinski definition) is 2. The van der Waals surface area contributed by atoms with E-state index in [0.717, 1.165) is 28.7 Å². The molecule has 0 unspecified atom stereocenters. The molecule has 0 fully saturated rings. The van der Waals surface area contributed by atoms with Crippen LogP contribution in [-0.2, 0) is 6.61 Å². The Morgan fingerprint density at radius 1 is 0.773 bits per heavy atom. The van der Waals surface area contributed by atoms with Gasteiger partial charge in [-0.15, -0.1) is 0 Å². The van der Waals surface area contributed by atoms with Gasteiger partial charge in [-0.25, -0.2) is 0 Å². The van der Waals surface area contributed by atoms with Crippen molar-refractivity contribution in [1.82, 2.24) is 0 Å². The molecule has 0 heterocycles. The second-order valence-corrected chi connectivity index (χ2v) is 5.04. The van der Waals surface area contributed by atoms with Crippen LogP contribution in [0.5, 0.6) is 5.75 Å². The van der Waals surface area contributed by atoms with E-state index in [1.807, 2.05) is 78.9 Å². The summed E-state index contributed by atoms with van der Waals surface area (Å²) in [5, 5.41) is 0. The van der Waals surface area contributed by atoms with Crippen LogP contribution >= 0.6 is 0 Å². The van der Waals surface area contributed by atoms with Crippen LogP contribution in [0.3, 0.4) is 0 Å². The van der Waals surface area contributed by atoms with Crippen molar-refractivity contribution in [3.05, 3.63) is 90.0 Å². The Bertz CT molecular complexity index is 746. The molecule has 3 rings (SSSR count). The highest BCUT2D eigenvalue weighted by Gasteiger charge is 2.01. The zero-order valence-electron chi connectivity index (χ0n) is 12.1. The molecule has 0 spiro atoms. The zero-order valence-corrected chi connectivity index (χ0v) is 12.1. The van der Waals surface area contributed by atoms with E-state index in [2.05, 4.69) is 0 Å². The Hall–Kier alpha value is -2.87. The summed E-state index contributed by atoms with van der Waals surface area (Å²) in [6.45, 7) is 0.550. The quantitative estimate of drug-likeness (QED) is 0.634. The molecule has 0 saturated carbocycles. The monoisotopic (exact) mass is 288 g/mol. The second kappa shape index (κ2) is 6.72. The van der Waals surface area contributed by atoms with Gasteiger partial charge in [0.15, 0.2) is 0 Å².